The third-order valence-electron chi connectivity index (χ3n) is 2.96. The van der Waals surface area contributed by atoms with Crippen molar-refractivity contribution in [2.45, 2.75) is 18.9 Å². The second-order valence-corrected chi connectivity index (χ2v) is 4.51. The van der Waals surface area contributed by atoms with Gasteiger partial charge in [0.25, 0.3) is 0 Å². The Hall–Kier alpha value is -1.88. The zero-order valence-corrected chi connectivity index (χ0v) is 10.4. The fourth-order valence-corrected chi connectivity index (χ4v) is 1.97. The van der Waals surface area contributed by atoms with Gasteiger partial charge in [-0.2, -0.15) is 0 Å². The summed E-state index contributed by atoms with van der Waals surface area (Å²) in [6.07, 6.45) is -1.35. The van der Waals surface area contributed by atoms with E-state index in [1.807, 2.05) is 0 Å². The smallest absolute Gasteiger partial charge is 0.159 e. The molecule has 0 aromatic heterocycles. The largest absolute Gasteiger partial charge is 0.392 e. The highest BCUT2D eigenvalue weighted by Gasteiger charge is 2.15. The van der Waals surface area contributed by atoms with Gasteiger partial charge < -0.3 is 5.11 Å². The standard InChI is InChI=1S/C15H12F4O/c16-12-2-1-3-13(17)11(12)8-10(20)6-9-4-5-14(18)15(19)7-9/h1-5,7,10,20H,6,8H2. The number of hydrogen-bond donors (Lipinski definition) is 1. The molecule has 0 saturated carbocycles. The van der Waals surface area contributed by atoms with Crippen LogP contribution in [0.3, 0.4) is 0 Å². The summed E-state index contributed by atoms with van der Waals surface area (Å²) < 4.78 is 52.6. The molecule has 0 saturated heterocycles. The van der Waals surface area contributed by atoms with E-state index >= 15 is 0 Å². The summed E-state index contributed by atoms with van der Waals surface area (Å²) in [6, 6.07) is 6.65. The molecule has 1 unspecified atom stereocenters. The Morgan fingerprint density at radius 1 is 0.800 bits per heavy atom. The lowest BCUT2D eigenvalue weighted by molar-refractivity contribution is 0.172. The van der Waals surface area contributed by atoms with E-state index in [0.717, 1.165) is 24.3 Å². The van der Waals surface area contributed by atoms with Crippen LogP contribution in [0.4, 0.5) is 17.6 Å². The molecule has 0 radical (unpaired) electrons. The van der Waals surface area contributed by atoms with Gasteiger partial charge in [-0.3, -0.25) is 0 Å². The summed E-state index contributed by atoms with van der Waals surface area (Å²) in [5, 5.41) is 9.82. The van der Waals surface area contributed by atoms with Gasteiger partial charge in [-0.15, -0.1) is 0 Å². The van der Waals surface area contributed by atoms with Gasteiger partial charge in [0.2, 0.25) is 0 Å². The Bertz CT molecular complexity index is 593. The number of aliphatic hydroxyl groups is 1. The molecule has 1 N–H and O–H groups in total. The fourth-order valence-electron chi connectivity index (χ4n) is 1.97. The topological polar surface area (TPSA) is 20.2 Å². The number of benzene rings is 2. The summed E-state index contributed by atoms with van der Waals surface area (Å²) >= 11 is 0. The molecule has 106 valence electrons. The van der Waals surface area contributed by atoms with Crippen molar-refractivity contribution in [3.63, 3.8) is 0 Å². The van der Waals surface area contributed by atoms with Gasteiger partial charge in [0, 0.05) is 12.0 Å². The quantitative estimate of drug-likeness (QED) is 0.853. The second-order valence-electron chi connectivity index (χ2n) is 4.51. The van der Waals surface area contributed by atoms with Crippen LogP contribution in [-0.2, 0) is 12.8 Å². The minimum absolute atomic E-state index is 0.0228. The van der Waals surface area contributed by atoms with Gasteiger partial charge in [-0.25, -0.2) is 17.6 Å². The van der Waals surface area contributed by atoms with Crippen molar-refractivity contribution in [3.05, 3.63) is 70.8 Å². The third kappa shape index (κ3) is 3.36. The zero-order valence-electron chi connectivity index (χ0n) is 10.4. The summed E-state index contributed by atoms with van der Waals surface area (Å²) in [6.45, 7) is 0. The predicted octanol–water partition coefficient (Wildman–Crippen LogP) is 3.39. The highest BCUT2D eigenvalue weighted by atomic mass is 19.2. The molecule has 20 heavy (non-hydrogen) atoms. The molecule has 0 heterocycles. The molecular weight excluding hydrogens is 272 g/mol. The van der Waals surface area contributed by atoms with Crippen molar-refractivity contribution >= 4 is 0 Å². The van der Waals surface area contributed by atoms with Crippen molar-refractivity contribution in [2.75, 3.05) is 0 Å². The van der Waals surface area contributed by atoms with E-state index in [1.54, 1.807) is 0 Å². The normalized spacial score (nSPS) is 12.4. The SMILES string of the molecule is OC(Cc1ccc(F)c(F)c1)Cc1c(F)cccc1F. The lowest BCUT2D eigenvalue weighted by atomic mass is 10.0. The van der Waals surface area contributed by atoms with Gasteiger partial charge in [0.1, 0.15) is 11.6 Å². The molecule has 0 fully saturated rings. The molecule has 2 aromatic rings. The number of hydrogen-bond acceptors (Lipinski definition) is 1. The Kier molecular flexibility index (Phi) is 4.39. The number of rotatable bonds is 4. The monoisotopic (exact) mass is 284 g/mol. The molecule has 0 aliphatic rings. The molecule has 2 aromatic carbocycles. The summed E-state index contributed by atoms with van der Waals surface area (Å²) in [5.41, 5.74) is 0.135. The average Bonchev–Trinajstić information content (AvgIpc) is 2.38. The maximum atomic E-state index is 13.4. The Labute approximate surface area is 113 Å². The number of halogens is 4. The zero-order chi connectivity index (χ0) is 14.7. The maximum Gasteiger partial charge on any atom is 0.159 e. The molecule has 0 aliphatic carbocycles. The van der Waals surface area contributed by atoms with Gasteiger partial charge in [0.05, 0.1) is 6.10 Å². The lowest BCUT2D eigenvalue weighted by Crippen LogP contribution is -2.16. The van der Waals surface area contributed by atoms with E-state index < -0.39 is 29.4 Å². The van der Waals surface area contributed by atoms with Crippen molar-refractivity contribution in [1.29, 1.82) is 0 Å². The summed E-state index contributed by atoms with van der Waals surface area (Å²) in [5.74, 6) is -3.49. The van der Waals surface area contributed by atoms with E-state index in [-0.39, 0.29) is 18.4 Å². The van der Waals surface area contributed by atoms with Crippen molar-refractivity contribution in [3.8, 4) is 0 Å². The molecule has 5 heteroatoms. The highest BCUT2D eigenvalue weighted by molar-refractivity contribution is 5.22. The van der Waals surface area contributed by atoms with E-state index in [0.29, 0.717) is 5.56 Å². The van der Waals surface area contributed by atoms with Crippen LogP contribution in [0, 0.1) is 23.3 Å². The second kappa shape index (κ2) is 6.05. The molecular formula is C15H12F4O. The molecule has 0 amide bonds. The average molecular weight is 284 g/mol. The molecule has 0 spiro atoms. The van der Waals surface area contributed by atoms with Crippen molar-refractivity contribution < 1.29 is 22.7 Å². The van der Waals surface area contributed by atoms with E-state index in [1.165, 1.54) is 12.1 Å². The fraction of sp³-hybridized carbons (Fsp3) is 0.200. The van der Waals surface area contributed by atoms with E-state index in [4.69, 9.17) is 0 Å². The minimum atomic E-state index is -1.09. The molecule has 1 atom stereocenters. The first kappa shape index (κ1) is 14.5. The van der Waals surface area contributed by atoms with Crippen LogP contribution in [-0.4, -0.2) is 11.2 Å². The van der Waals surface area contributed by atoms with Gasteiger partial charge in [0.15, 0.2) is 11.6 Å². The first-order valence-corrected chi connectivity index (χ1v) is 6.02. The van der Waals surface area contributed by atoms with Crippen molar-refractivity contribution in [2.24, 2.45) is 0 Å². The lowest BCUT2D eigenvalue weighted by Gasteiger charge is -2.12. The summed E-state index contributed by atoms with van der Waals surface area (Å²) in [7, 11) is 0. The first-order chi connectivity index (χ1) is 9.47. The predicted molar refractivity (Wildman–Crippen MR) is 66.1 cm³/mol. The van der Waals surface area contributed by atoms with Crippen LogP contribution in [0.15, 0.2) is 36.4 Å². The van der Waals surface area contributed by atoms with Crippen LogP contribution in [0.25, 0.3) is 0 Å². The Balaban J connectivity index is 2.09. The Morgan fingerprint density at radius 2 is 1.45 bits per heavy atom. The van der Waals surface area contributed by atoms with Crippen molar-refractivity contribution in [1.82, 2.24) is 0 Å². The summed E-state index contributed by atoms with van der Waals surface area (Å²) in [4.78, 5) is 0. The molecule has 0 bridgehead atoms. The van der Waals surface area contributed by atoms with E-state index in [2.05, 4.69) is 0 Å². The van der Waals surface area contributed by atoms with Gasteiger partial charge in [-0.05, 0) is 36.2 Å². The van der Waals surface area contributed by atoms with Gasteiger partial charge in [-0.1, -0.05) is 12.1 Å². The molecule has 1 nitrogen and oxygen atoms in total. The van der Waals surface area contributed by atoms with Crippen LogP contribution in [0.5, 0.6) is 0 Å². The highest BCUT2D eigenvalue weighted by Crippen LogP contribution is 2.17. The van der Waals surface area contributed by atoms with Crippen LogP contribution < -0.4 is 0 Å². The number of aliphatic hydroxyl groups excluding tert-OH is 1. The molecule has 2 rings (SSSR count). The first-order valence-electron chi connectivity index (χ1n) is 6.02. The minimum Gasteiger partial charge on any atom is -0.392 e. The van der Waals surface area contributed by atoms with Crippen LogP contribution in [0.1, 0.15) is 11.1 Å². The van der Waals surface area contributed by atoms with Crippen LogP contribution in [0.2, 0.25) is 0 Å². The third-order valence-corrected chi connectivity index (χ3v) is 2.96. The molecule has 0 aliphatic heterocycles. The van der Waals surface area contributed by atoms with Crippen LogP contribution >= 0.6 is 0 Å². The van der Waals surface area contributed by atoms with Gasteiger partial charge >= 0.3 is 0 Å². The maximum absolute atomic E-state index is 13.4. The van der Waals surface area contributed by atoms with E-state index in [9.17, 15) is 22.7 Å². The Morgan fingerprint density at radius 3 is 2.05 bits per heavy atom.